The molecule has 0 saturated heterocycles. The summed E-state index contributed by atoms with van der Waals surface area (Å²) in [7, 11) is 0. The van der Waals surface area contributed by atoms with Crippen molar-refractivity contribution in [1.29, 1.82) is 0 Å². The van der Waals surface area contributed by atoms with Crippen molar-refractivity contribution in [1.82, 2.24) is 14.2 Å². The SMILES string of the molecule is C\C=C(F)/C(=C\C(=C\CC)C(F)(F)F)c1cc2n(n1)CCCC2Nc1nsc2ccc(F)cc12. The van der Waals surface area contributed by atoms with E-state index in [4.69, 9.17) is 0 Å². The van der Waals surface area contributed by atoms with Gasteiger partial charge in [-0.3, -0.25) is 4.68 Å². The Morgan fingerprint density at radius 1 is 1.29 bits per heavy atom. The highest BCUT2D eigenvalue weighted by molar-refractivity contribution is 7.13. The highest BCUT2D eigenvalue weighted by Gasteiger charge is 2.33. The molecule has 0 radical (unpaired) electrons. The first-order chi connectivity index (χ1) is 16.2. The Morgan fingerprint density at radius 2 is 2.09 bits per heavy atom. The maximum absolute atomic E-state index is 14.7. The molecule has 0 spiro atoms. The number of aryl methyl sites for hydroxylation is 1. The lowest BCUT2D eigenvalue weighted by atomic mass is 10.0. The van der Waals surface area contributed by atoms with Gasteiger partial charge in [-0.15, -0.1) is 0 Å². The van der Waals surface area contributed by atoms with Crippen molar-refractivity contribution in [2.45, 2.75) is 51.9 Å². The van der Waals surface area contributed by atoms with Crippen molar-refractivity contribution in [2.24, 2.45) is 0 Å². The molecule has 3 aromatic rings. The standard InChI is InChI=1S/C24H23F5N4S/c1-3-6-14(24(27,28)29)11-16(18(26)4-2)20-13-21-19(7-5-10-33(21)31-20)30-23-17-12-15(25)8-9-22(17)34-32-23/h4,6,8-9,11-13,19H,3,5,7,10H2,1-2H3,(H,30,32)/b14-6-,16-11+,18-4+. The third kappa shape index (κ3) is 4.91. The molecule has 4 nitrogen and oxygen atoms in total. The van der Waals surface area contributed by atoms with Crippen LogP contribution < -0.4 is 5.32 Å². The Kier molecular flexibility index (Phi) is 6.88. The summed E-state index contributed by atoms with van der Waals surface area (Å²) in [6.07, 6.45) is -0.0212. The molecule has 1 N–H and O–H groups in total. The molecule has 0 bridgehead atoms. The van der Waals surface area contributed by atoms with Crippen LogP contribution in [0.4, 0.5) is 27.8 Å². The maximum atomic E-state index is 14.7. The first kappa shape index (κ1) is 24.1. The summed E-state index contributed by atoms with van der Waals surface area (Å²) in [6, 6.07) is 5.80. The van der Waals surface area contributed by atoms with E-state index in [-0.39, 0.29) is 29.5 Å². The Balaban J connectivity index is 1.72. The van der Waals surface area contributed by atoms with Crippen molar-refractivity contribution in [3.63, 3.8) is 0 Å². The van der Waals surface area contributed by atoms with Gasteiger partial charge in [-0.05, 0) is 68.1 Å². The molecule has 1 unspecified atom stereocenters. The van der Waals surface area contributed by atoms with E-state index in [1.807, 2.05) is 0 Å². The van der Waals surface area contributed by atoms with Gasteiger partial charge in [-0.2, -0.15) is 22.6 Å². The minimum atomic E-state index is -4.61. The maximum Gasteiger partial charge on any atom is 0.416 e. The zero-order valence-corrected chi connectivity index (χ0v) is 19.4. The smallest absolute Gasteiger partial charge is 0.360 e. The van der Waals surface area contributed by atoms with Crippen molar-refractivity contribution in [3.05, 3.63) is 71.1 Å². The normalized spacial score (nSPS) is 17.9. The van der Waals surface area contributed by atoms with Crippen LogP contribution in [-0.4, -0.2) is 20.3 Å². The number of nitrogens with zero attached hydrogens (tertiary/aromatic N) is 3. The monoisotopic (exact) mass is 494 g/mol. The molecule has 0 amide bonds. The van der Waals surface area contributed by atoms with E-state index in [2.05, 4.69) is 14.8 Å². The van der Waals surface area contributed by atoms with Crippen LogP contribution in [0.15, 0.2) is 53.9 Å². The molecule has 0 saturated carbocycles. The molecule has 1 atom stereocenters. The third-order valence-corrected chi connectivity index (χ3v) is 6.44. The molecule has 1 aromatic carbocycles. The fourth-order valence-corrected chi connectivity index (χ4v) is 4.72. The summed E-state index contributed by atoms with van der Waals surface area (Å²) in [5, 5.41) is 8.40. The van der Waals surface area contributed by atoms with Crippen molar-refractivity contribution in [3.8, 4) is 0 Å². The molecular formula is C24H23F5N4S. The second-order valence-corrected chi connectivity index (χ2v) is 8.75. The van der Waals surface area contributed by atoms with Crippen LogP contribution in [0.2, 0.25) is 0 Å². The van der Waals surface area contributed by atoms with Crippen LogP contribution in [0, 0.1) is 5.82 Å². The lowest BCUT2D eigenvalue weighted by Crippen LogP contribution is -2.21. The van der Waals surface area contributed by atoms with Gasteiger partial charge in [0.2, 0.25) is 0 Å². The Labute approximate surface area is 197 Å². The van der Waals surface area contributed by atoms with Gasteiger partial charge in [-0.25, -0.2) is 8.78 Å². The van der Waals surface area contributed by atoms with Gasteiger partial charge >= 0.3 is 6.18 Å². The number of halogens is 5. The van der Waals surface area contributed by atoms with E-state index >= 15 is 0 Å². The predicted molar refractivity (Wildman–Crippen MR) is 125 cm³/mol. The van der Waals surface area contributed by atoms with E-state index < -0.39 is 17.6 Å². The summed E-state index contributed by atoms with van der Waals surface area (Å²) < 4.78 is 75.9. The summed E-state index contributed by atoms with van der Waals surface area (Å²) in [4.78, 5) is 0. The van der Waals surface area contributed by atoms with E-state index in [1.165, 1.54) is 30.6 Å². The van der Waals surface area contributed by atoms with Gasteiger partial charge in [0.15, 0.2) is 0 Å². The van der Waals surface area contributed by atoms with Gasteiger partial charge in [0.1, 0.15) is 17.5 Å². The van der Waals surface area contributed by atoms with Gasteiger partial charge in [-0.1, -0.05) is 19.1 Å². The largest absolute Gasteiger partial charge is 0.416 e. The third-order valence-electron chi connectivity index (χ3n) is 5.61. The Bertz CT molecular complexity index is 1280. The second-order valence-electron chi connectivity index (χ2n) is 7.95. The first-order valence-electron chi connectivity index (χ1n) is 10.9. The minimum Gasteiger partial charge on any atom is -0.360 e. The van der Waals surface area contributed by atoms with E-state index in [1.54, 1.807) is 23.7 Å². The van der Waals surface area contributed by atoms with Crippen LogP contribution in [-0.2, 0) is 6.54 Å². The van der Waals surface area contributed by atoms with Gasteiger partial charge in [0.25, 0.3) is 0 Å². The summed E-state index contributed by atoms with van der Waals surface area (Å²) >= 11 is 1.24. The molecule has 1 aliphatic heterocycles. The highest BCUT2D eigenvalue weighted by Crippen LogP contribution is 2.37. The molecule has 4 rings (SSSR count). The highest BCUT2D eigenvalue weighted by atomic mass is 32.1. The van der Waals surface area contributed by atoms with Gasteiger partial charge in [0, 0.05) is 17.5 Å². The number of hydrogen-bond donors (Lipinski definition) is 1. The molecule has 1 aliphatic rings. The van der Waals surface area contributed by atoms with Crippen LogP contribution in [0.25, 0.3) is 15.7 Å². The second kappa shape index (κ2) is 9.69. The average molecular weight is 495 g/mol. The molecule has 3 heterocycles. The zero-order chi connectivity index (χ0) is 24.5. The van der Waals surface area contributed by atoms with Crippen LogP contribution in [0.5, 0.6) is 0 Å². The van der Waals surface area contributed by atoms with Crippen molar-refractivity contribution >= 4 is 33.0 Å². The quantitative estimate of drug-likeness (QED) is 0.282. The van der Waals surface area contributed by atoms with Crippen molar-refractivity contribution in [2.75, 3.05) is 5.32 Å². The zero-order valence-electron chi connectivity index (χ0n) is 18.6. The topological polar surface area (TPSA) is 42.7 Å². The number of hydrogen-bond acceptors (Lipinski definition) is 4. The number of alkyl halides is 3. The van der Waals surface area contributed by atoms with E-state index in [0.29, 0.717) is 29.9 Å². The lowest BCUT2D eigenvalue weighted by Gasteiger charge is -2.24. The number of aromatic nitrogens is 3. The average Bonchev–Trinajstić information content (AvgIpc) is 3.40. The number of rotatable bonds is 6. The lowest BCUT2D eigenvalue weighted by molar-refractivity contribution is -0.0883. The van der Waals surface area contributed by atoms with Gasteiger partial charge < -0.3 is 5.32 Å². The summed E-state index contributed by atoms with van der Waals surface area (Å²) in [5.74, 6) is -0.627. The first-order valence-corrected chi connectivity index (χ1v) is 11.7. The van der Waals surface area contributed by atoms with E-state index in [9.17, 15) is 22.0 Å². The fourth-order valence-electron chi connectivity index (χ4n) is 3.99. The number of fused-ring (bicyclic) bond motifs is 2. The van der Waals surface area contributed by atoms with Crippen LogP contribution >= 0.6 is 11.5 Å². The molecule has 2 aromatic heterocycles. The summed E-state index contributed by atoms with van der Waals surface area (Å²) in [6.45, 7) is 3.57. The number of anilines is 1. The molecule has 10 heteroatoms. The Hall–Kier alpha value is -3.01. The summed E-state index contributed by atoms with van der Waals surface area (Å²) in [5.41, 5.74) is -0.304. The molecule has 0 aliphatic carbocycles. The van der Waals surface area contributed by atoms with Crippen LogP contribution in [0.1, 0.15) is 50.5 Å². The Morgan fingerprint density at radius 3 is 2.79 bits per heavy atom. The molecule has 0 fully saturated rings. The van der Waals surface area contributed by atoms with E-state index in [0.717, 1.165) is 29.3 Å². The van der Waals surface area contributed by atoms with Gasteiger partial charge in [0.05, 0.1) is 27.7 Å². The predicted octanol–water partition coefficient (Wildman–Crippen LogP) is 7.73. The molecule has 180 valence electrons. The molecule has 34 heavy (non-hydrogen) atoms. The molecular weight excluding hydrogens is 471 g/mol. The number of allylic oxidation sites excluding steroid dienone is 6. The van der Waals surface area contributed by atoms with Crippen molar-refractivity contribution < 1.29 is 22.0 Å². The fraction of sp³-hybridized carbons (Fsp3) is 0.333. The number of benzene rings is 1. The van der Waals surface area contributed by atoms with Crippen LogP contribution in [0.3, 0.4) is 0 Å². The number of nitrogens with one attached hydrogen (secondary N) is 1. The minimum absolute atomic E-state index is 0.125.